The lowest BCUT2D eigenvalue weighted by atomic mass is 9.99. The minimum Gasteiger partial charge on any atom is -0.466 e. The van der Waals surface area contributed by atoms with Gasteiger partial charge in [0.2, 0.25) is 0 Å². The van der Waals surface area contributed by atoms with Crippen LogP contribution in [0.5, 0.6) is 0 Å². The molecule has 2 aromatic carbocycles. The number of benzene rings is 2. The van der Waals surface area contributed by atoms with Crippen LogP contribution in [0.3, 0.4) is 0 Å². The maximum Gasteiger partial charge on any atom is 0.302 e. The summed E-state index contributed by atoms with van der Waals surface area (Å²) in [6, 6.07) is 21.3. The van der Waals surface area contributed by atoms with Crippen LogP contribution < -0.4 is 10.4 Å². The van der Waals surface area contributed by atoms with E-state index < -0.39 is 8.32 Å². The van der Waals surface area contributed by atoms with Crippen molar-refractivity contribution in [3.05, 3.63) is 95.7 Å². The highest BCUT2D eigenvalue weighted by atomic mass is 28.4. The second-order valence-corrected chi connectivity index (χ2v) is 12.8. The molecule has 0 aliphatic heterocycles. The summed E-state index contributed by atoms with van der Waals surface area (Å²) in [7, 11) is -1.22. The Morgan fingerprint density at radius 1 is 1.06 bits per heavy atom. The second kappa shape index (κ2) is 14.1. The zero-order valence-electron chi connectivity index (χ0n) is 22.0. The predicted octanol–water partition coefficient (Wildman–Crippen LogP) is 5.66. The smallest absolute Gasteiger partial charge is 0.302 e. The van der Waals surface area contributed by atoms with Crippen LogP contribution in [0.15, 0.2) is 95.7 Å². The highest BCUT2D eigenvalue weighted by Gasteiger charge is 2.46. The number of hydrogen-bond acceptors (Lipinski definition) is 4. The van der Waals surface area contributed by atoms with Gasteiger partial charge in [0.05, 0.1) is 19.3 Å². The van der Waals surface area contributed by atoms with E-state index in [0.29, 0.717) is 13.2 Å². The molecule has 0 N–H and O–H groups in total. The van der Waals surface area contributed by atoms with Crippen molar-refractivity contribution in [2.45, 2.75) is 58.5 Å². The molecular formula is C31H40O4Si. The first kappa shape index (κ1) is 27.8. The maximum atomic E-state index is 11.1. The molecule has 36 heavy (non-hydrogen) atoms. The summed E-state index contributed by atoms with van der Waals surface area (Å²) in [6.07, 6.45) is 10.5. The van der Waals surface area contributed by atoms with Gasteiger partial charge < -0.3 is 13.9 Å². The number of carbonyl (C=O) groups excluding carboxylic acids is 1. The van der Waals surface area contributed by atoms with E-state index in [2.05, 4.69) is 86.3 Å². The Morgan fingerprint density at radius 3 is 2.25 bits per heavy atom. The van der Waals surface area contributed by atoms with Gasteiger partial charge in [-0.15, -0.1) is 0 Å². The van der Waals surface area contributed by atoms with Crippen molar-refractivity contribution in [3.63, 3.8) is 0 Å². The molecule has 0 amide bonds. The van der Waals surface area contributed by atoms with Crippen molar-refractivity contribution in [2.75, 3.05) is 20.3 Å². The van der Waals surface area contributed by atoms with Crippen molar-refractivity contribution in [3.8, 4) is 0 Å². The van der Waals surface area contributed by atoms with E-state index in [1.165, 1.54) is 22.9 Å². The molecule has 2 aromatic rings. The van der Waals surface area contributed by atoms with E-state index in [0.717, 1.165) is 49.3 Å². The van der Waals surface area contributed by atoms with Gasteiger partial charge in [-0.1, -0.05) is 85.0 Å². The molecule has 0 saturated carbocycles. The van der Waals surface area contributed by atoms with Gasteiger partial charge in [0.1, 0.15) is 0 Å². The summed E-state index contributed by atoms with van der Waals surface area (Å²) in [6.45, 7) is 9.02. The predicted molar refractivity (Wildman–Crippen MR) is 150 cm³/mol. The first-order valence-corrected chi connectivity index (χ1v) is 14.9. The first-order valence-electron chi connectivity index (χ1n) is 12.9. The summed E-state index contributed by atoms with van der Waals surface area (Å²) < 4.78 is 18.1. The Kier molecular flexibility index (Phi) is 10.9. The van der Waals surface area contributed by atoms with Gasteiger partial charge in [0.15, 0.2) is 0 Å². The Bertz CT molecular complexity index is 1000. The fourth-order valence-electron chi connectivity index (χ4n) is 4.91. The lowest BCUT2D eigenvalue weighted by Gasteiger charge is -2.39. The average Bonchev–Trinajstić information content (AvgIpc) is 2.88. The van der Waals surface area contributed by atoms with Crippen LogP contribution in [-0.4, -0.2) is 40.7 Å². The van der Waals surface area contributed by atoms with Gasteiger partial charge in [-0.25, -0.2) is 0 Å². The zero-order valence-corrected chi connectivity index (χ0v) is 23.0. The second-order valence-electron chi connectivity index (χ2n) is 9.46. The molecule has 0 aromatic heterocycles. The van der Waals surface area contributed by atoms with E-state index in [1.54, 1.807) is 7.11 Å². The molecule has 1 aliphatic rings. The van der Waals surface area contributed by atoms with E-state index in [-0.39, 0.29) is 12.1 Å². The van der Waals surface area contributed by atoms with Crippen LogP contribution in [0.1, 0.15) is 52.4 Å². The SMILES string of the molecule is C=C(COC)/C(=C/CCCCOC(C)=O)[Si](OC1C=C(C)CCC1)(c1ccccc1)c1ccccc1. The third-order valence-corrected chi connectivity index (χ3v) is 10.8. The van der Waals surface area contributed by atoms with Gasteiger partial charge in [-0.2, -0.15) is 0 Å². The topological polar surface area (TPSA) is 44.8 Å². The lowest BCUT2D eigenvalue weighted by molar-refractivity contribution is -0.141. The molecule has 192 valence electrons. The van der Waals surface area contributed by atoms with E-state index in [1.807, 2.05) is 0 Å². The molecule has 1 atom stereocenters. The largest absolute Gasteiger partial charge is 0.466 e. The van der Waals surface area contributed by atoms with Crippen LogP contribution in [0.2, 0.25) is 0 Å². The van der Waals surface area contributed by atoms with Gasteiger partial charge in [-0.05, 0) is 66.6 Å². The standard InChI is InChI=1S/C31H40O4Si/c1-25-15-14-16-28(23-25)35-36(29-17-8-5-9-18-29,30-19-10-6-11-20-30)31(26(2)24-33-4)21-12-7-13-22-34-27(3)32/h5-6,8-11,17-21,23,28H,2,7,12-16,22,24H2,1,3-4H3/b31-21-. The maximum absolute atomic E-state index is 11.1. The Labute approximate surface area is 217 Å². The fourth-order valence-corrected chi connectivity index (χ4v) is 9.23. The van der Waals surface area contributed by atoms with Gasteiger partial charge >= 0.3 is 5.97 Å². The summed E-state index contributed by atoms with van der Waals surface area (Å²) in [5, 5.41) is 3.57. The molecule has 0 fully saturated rings. The molecular weight excluding hydrogens is 464 g/mol. The Balaban J connectivity index is 2.12. The van der Waals surface area contributed by atoms with Crippen molar-refractivity contribution in [2.24, 2.45) is 0 Å². The third-order valence-electron chi connectivity index (χ3n) is 6.55. The summed E-state index contributed by atoms with van der Waals surface area (Å²) in [5.41, 5.74) is 2.34. The fraction of sp³-hybridized carbons (Fsp3) is 0.387. The molecule has 0 heterocycles. The number of esters is 1. The van der Waals surface area contributed by atoms with Crippen LogP contribution >= 0.6 is 0 Å². The third kappa shape index (κ3) is 7.39. The molecule has 4 nitrogen and oxygen atoms in total. The molecule has 0 radical (unpaired) electrons. The summed E-state index contributed by atoms with van der Waals surface area (Å²) in [4.78, 5) is 11.1. The number of ether oxygens (including phenoxy) is 2. The highest BCUT2D eigenvalue weighted by molar-refractivity contribution is 7.03. The van der Waals surface area contributed by atoms with Gasteiger partial charge in [0.25, 0.3) is 8.32 Å². The summed E-state index contributed by atoms with van der Waals surface area (Å²) >= 11 is 0. The van der Waals surface area contributed by atoms with Crippen molar-refractivity contribution in [1.29, 1.82) is 0 Å². The highest BCUT2D eigenvalue weighted by Crippen LogP contribution is 2.30. The van der Waals surface area contributed by atoms with Gasteiger partial charge in [-0.3, -0.25) is 4.79 Å². The quantitative estimate of drug-likeness (QED) is 0.116. The zero-order chi connectivity index (χ0) is 25.8. The van der Waals surface area contributed by atoms with Crippen LogP contribution in [0.25, 0.3) is 0 Å². The minimum absolute atomic E-state index is 0.0496. The van der Waals surface area contributed by atoms with E-state index in [4.69, 9.17) is 13.9 Å². The number of allylic oxidation sites excluding steroid dienone is 2. The first-order chi connectivity index (χ1) is 17.5. The van der Waals surface area contributed by atoms with Gasteiger partial charge in [0, 0.05) is 14.0 Å². The molecule has 3 rings (SSSR count). The summed E-state index contributed by atoms with van der Waals surface area (Å²) in [5.74, 6) is -0.233. The Hall–Kier alpha value is -2.73. The Morgan fingerprint density at radius 2 is 1.69 bits per heavy atom. The van der Waals surface area contributed by atoms with Crippen molar-refractivity contribution >= 4 is 24.7 Å². The number of unbranched alkanes of at least 4 members (excludes halogenated alkanes) is 2. The monoisotopic (exact) mass is 504 g/mol. The molecule has 1 unspecified atom stereocenters. The molecule has 0 spiro atoms. The van der Waals surface area contributed by atoms with Crippen molar-refractivity contribution < 1.29 is 18.7 Å². The normalized spacial score (nSPS) is 16.4. The molecule has 0 bridgehead atoms. The lowest BCUT2D eigenvalue weighted by Crippen LogP contribution is -2.64. The van der Waals surface area contributed by atoms with E-state index >= 15 is 0 Å². The number of rotatable bonds is 13. The van der Waals surface area contributed by atoms with Crippen molar-refractivity contribution in [1.82, 2.24) is 0 Å². The number of hydrogen-bond donors (Lipinski definition) is 0. The van der Waals surface area contributed by atoms with Crippen LogP contribution in [0.4, 0.5) is 0 Å². The number of carbonyl (C=O) groups is 1. The van der Waals surface area contributed by atoms with E-state index in [9.17, 15) is 4.79 Å². The average molecular weight is 505 g/mol. The van der Waals surface area contributed by atoms with Crippen LogP contribution in [-0.2, 0) is 18.7 Å². The molecule has 1 aliphatic carbocycles. The van der Waals surface area contributed by atoms with Crippen LogP contribution in [0, 0.1) is 0 Å². The number of methoxy groups -OCH3 is 1. The molecule has 0 saturated heterocycles. The molecule has 5 heteroatoms. The minimum atomic E-state index is -2.93.